The van der Waals surface area contributed by atoms with Gasteiger partial charge in [-0.05, 0) is 63.0 Å². The molecule has 1 amide bonds. The number of rotatable bonds is 10. The lowest BCUT2D eigenvalue weighted by molar-refractivity contribution is -0.149. The number of nitrogens with one attached hydrogen (secondary N) is 1. The summed E-state index contributed by atoms with van der Waals surface area (Å²) in [4.78, 5) is 42.0. The number of likely N-dealkylation sites (tertiary alicyclic amines) is 2. The van der Waals surface area contributed by atoms with Gasteiger partial charge in [0.1, 0.15) is 5.82 Å². The van der Waals surface area contributed by atoms with Crippen molar-refractivity contribution in [3.8, 4) is 0 Å². The third kappa shape index (κ3) is 6.61. The van der Waals surface area contributed by atoms with Gasteiger partial charge in [-0.3, -0.25) is 19.3 Å². The summed E-state index contributed by atoms with van der Waals surface area (Å²) in [5.41, 5.74) is 1.33. The van der Waals surface area contributed by atoms with Crippen LogP contribution in [0.4, 0.5) is 14.5 Å². The first-order valence-electron chi connectivity index (χ1n) is 14.8. The molecule has 11 heteroatoms. The first-order valence-corrected chi connectivity index (χ1v) is 15.2. The molecular formula is C32H37ClF2N4O4. The lowest BCUT2D eigenvalue weighted by Crippen LogP contribution is -2.50. The van der Waals surface area contributed by atoms with E-state index in [0.29, 0.717) is 64.2 Å². The predicted molar refractivity (Wildman–Crippen MR) is 161 cm³/mol. The van der Waals surface area contributed by atoms with Crippen LogP contribution >= 0.6 is 11.6 Å². The Morgan fingerprint density at radius 2 is 1.86 bits per heavy atom. The molecule has 0 radical (unpaired) electrons. The van der Waals surface area contributed by atoms with Crippen molar-refractivity contribution < 1.29 is 27.9 Å². The lowest BCUT2D eigenvalue weighted by atomic mass is 9.97. The van der Waals surface area contributed by atoms with Crippen LogP contribution in [-0.4, -0.2) is 77.2 Å². The number of hydrogen-bond donors (Lipinski definition) is 1. The highest BCUT2D eigenvalue weighted by Crippen LogP contribution is 2.34. The van der Waals surface area contributed by atoms with Gasteiger partial charge in [0.05, 0.1) is 28.8 Å². The number of para-hydroxylation sites is 1. The summed E-state index contributed by atoms with van der Waals surface area (Å²) in [6, 6.07) is 9.78. The summed E-state index contributed by atoms with van der Waals surface area (Å²) in [5.74, 6) is -4.37. The number of piperidine rings is 1. The van der Waals surface area contributed by atoms with Gasteiger partial charge < -0.3 is 19.5 Å². The van der Waals surface area contributed by atoms with Crippen molar-refractivity contribution >= 4 is 45.9 Å². The van der Waals surface area contributed by atoms with Crippen LogP contribution in [-0.2, 0) is 27.8 Å². The molecule has 0 spiro atoms. The number of carbonyl (C=O) groups is 3. The Morgan fingerprint density at radius 3 is 2.60 bits per heavy atom. The summed E-state index contributed by atoms with van der Waals surface area (Å²) in [6.07, 6.45) is 3.19. The number of aryl methyl sites for hydroxylation is 1. The largest absolute Gasteiger partial charge is 0.466 e. The van der Waals surface area contributed by atoms with Gasteiger partial charge in [0, 0.05) is 56.6 Å². The first-order chi connectivity index (χ1) is 20.6. The Balaban J connectivity index is 1.20. The molecule has 2 fully saturated rings. The third-order valence-corrected chi connectivity index (χ3v) is 8.95. The van der Waals surface area contributed by atoms with Crippen LogP contribution < -0.4 is 5.32 Å². The number of esters is 1. The number of fused-ring (bicyclic) bond motifs is 1. The normalized spacial score (nSPS) is 20.0. The van der Waals surface area contributed by atoms with E-state index in [9.17, 15) is 14.4 Å². The zero-order valence-corrected chi connectivity index (χ0v) is 25.3. The van der Waals surface area contributed by atoms with Crippen LogP contribution in [0.25, 0.3) is 10.9 Å². The molecule has 1 unspecified atom stereocenters. The van der Waals surface area contributed by atoms with E-state index in [4.69, 9.17) is 16.3 Å². The van der Waals surface area contributed by atoms with Crippen LogP contribution in [0.1, 0.15) is 48.5 Å². The van der Waals surface area contributed by atoms with Crippen LogP contribution in [0.15, 0.2) is 42.6 Å². The fourth-order valence-corrected chi connectivity index (χ4v) is 6.43. The Kier molecular flexibility index (Phi) is 9.48. The molecule has 2 aliphatic rings. The molecule has 1 aromatic heterocycles. The maximum Gasteiger partial charge on any atom is 0.309 e. The number of nitrogens with zero attached hydrogens (tertiary/aromatic N) is 3. The van der Waals surface area contributed by atoms with Gasteiger partial charge in [0.25, 0.3) is 5.91 Å². The molecule has 3 heterocycles. The maximum atomic E-state index is 16.1. The minimum Gasteiger partial charge on any atom is -0.466 e. The molecule has 1 N–H and O–H groups in total. The number of Topliss-reactive ketones (excluding diaryl/α,β-unsaturated/α-hetero) is 1. The van der Waals surface area contributed by atoms with Crippen molar-refractivity contribution in [2.75, 3.05) is 44.6 Å². The van der Waals surface area contributed by atoms with E-state index >= 15 is 8.78 Å². The number of ether oxygens (including phenoxy) is 1. The number of benzene rings is 2. The highest BCUT2D eigenvalue weighted by atomic mass is 35.5. The quantitative estimate of drug-likeness (QED) is 0.244. The monoisotopic (exact) mass is 614 g/mol. The average Bonchev–Trinajstić information content (AvgIpc) is 3.55. The van der Waals surface area contributed by atoms with Crippen molar-refractivity contribution in [1.29, 1.82) is 0 Å². The fourth-order valence-electron chi connectivity index (χ4n) is 6.20. The highest BCUT2D eigenvalue weighted by molar-refractivity contribution is 6.34. The summed E-state index contributed by atoms with van der Waals surface area (Å²) >= 11 is 6.41. The number of anilines is 1. The van der Waals surface area contributed by atoms with E-state index in [2.05, 4.69) is 10.2 Å². The Bertz CT molecular complexity index is 1520. The van der Waals surface area contributed by atoms with Gasteiger partial charge in [-0.1, -0.05) is 29.8 Å². The molecule has 0 bridgehead atoms. The van der Waals surface area contributed by atoms with E-state index in [1.807, 2.05) is 35.9 Å². The van der Waals surface area contributed by atoms with Gasteiger partial charge in [0.2, 0.25) is 5.79 Å². The van der Waals surface area contributed by atoms with Crippen LogP contribution in [0.3, 0.4) is 0 Å². The molecular weight excluding hydrogens is 578 g/mol. The maximum absolute atomic E-state index is 16.1. The number of halogens is 3. The van der Waals surface area contributed by atoms with E-state index in [1.165, 1.54) is 6.07 Å². The smallest absolute Gasteiger partial charge is 0.309 e. The molecule has 2 saturated heterocycles. The van der Waals surface area contributed by atoms with Gasteiger partial charge in [-0.15, -0.1) is 0 Å². The zero-order chi connectivity index (χ0) is 30.7. The van der Waals surface area contributed by atoms with E-state index in [1.54, 1.807) is 18.0 Å². The Labute approximate surface area is 254 Å². The number of alkyl halides is 1. The molecule has 2 aliphatic heterocycles. The van der Waals surface area contributed by atoms with Crippen molar-refractivity contribution in [3.05, 3.63) is 64.6 Å². The van der Waals surface area contributed by atoms with Crippen molar-refractivity contribution in [1.82, 2.24) is 14.4 Å². The number of aromatic nitrogens is 1. The van der Waals surface area contributed by atoms with Gasteiger partial charge >= 0.3 is 5.97 Å². The zero-order valence-electron chi connectivity index (χ0n) is 24.5. The molecule has 5 rings (SSSR count). The average molecular weight is 615 g/mol. The van der Waals surface area contributed by atoms with Gasteiger partial charge in [0.15, 0.2) is 5.78 Å². The second-order valence-electron chi connectivity index (χ2n) is 11.4. The second-order valence-corrected chi connectivity index (χ2v) is 11.8. The first kappa shape index (κ1) is 31.1. The van der Waals surface area contributed by atoms with Crippen LogP contribution in [0, 0.1) is 11.7 Å². The molecule has 3 aromatic rings. The Hall–Kier alpha value is -3.34. The molecule has 230 valence electrons. The van der Waals surface area contributed by atoms with Gasteiger partial charge in [-0.2, -0.15) is 0 Å². The molecule has 0 saturated carbocycles. The second kappa shape index (κ2) is 13.1. The number of ketones is 1. The number of hydrogen-bond acceptors (Lipinski definition) is 6. The summed E-state index contributed by atoms with van der Waals surface area (Å²) < 4.78 is 38.3. The van der Waals surface area contributed by atoms with E-state index < -0.39 is 29.7 Å². The topological polar surface area (TPSA) is 83.9 Å². The molecule has 8 nitrogen and oxygen atoms in total. The van der Waals surface area contributed by atoms with Crippen LogP contribution in [0.2, 0.25) is 5.02 Å². The van der Waals surface area contributed by atoms with Crippen molar-refractivity contribution in [3.63, 3.8) is 0 Å². The Morgan fingerprint density at radius 1 is 1.12 bits per heavy atom. The molecule has 0 aliphatic carbocycles. The minimum atomic E-state index is -2.19. The predicted octanol–water partition coefficient (Wildman–Crippen LogP) is 5.37. The summed E-state index contributed by atoms with van der Waals surface area (Å²) in [6.45, 7) is 4.93. The van der Waals surface area contributed by atoms with E-state index in [-0.39, 0.29) is 34.6 Å². The standard InChI is InChI=1S/C32H37ClF2N4O4/c1-3-43-31(42)21-9-13-38(14-10-21)15-16-39-12-6-11-32(39,35)29(40)18-22-17-25(33)27(19-26(22)34)36-30(41)24-20-37(2)28-8-5-4-7-23(24)28/h4-5,7-8,17,19-21H,3,6,9-16,18H2,1-2H3,(H,36,41). The van der Waals surface area contributed by atoms with Crippen molar-refractivity contribution in [2.45, 2.75) is 44.8 Å². The number of amides is 1. The molecule has 2 aromatic carbocycles. The highest BCUT2D eigenvalue weighted by Gasteiger charge is 2.47. The van der Waals surface area contributed by atoms with Crippen molar-refractivity contribution in [2.24, 2.45) is 13.0 Å². The number of carbonyl (C=O) groups excluding carboxylic acids is 3. The molecule has 43 heavy (non-hydrogen) atoms. The van der Waals surface area contributed by atoms with E-state index in [0.717, 1.165) is 17.0 Å². The fraction of sp³-hybridized carbons (Fsp3) is 0.469. The van der Waals surface area contributed by atoms with Gasteiger partial charge in [-0.25, -0.2) is 8.78 Å². The lowest BCUT2D eigenvalue weighted by Gasteiger charge is -2.35. The molecule has 1 atom stereocenters. The minimum absolute atomic E-state index is 0.0249. The van der Waals surface area contributed by atoms with Crippen LogP contribution in [0.5, 0.6) is 0 Å². The summed E-state index contributed by atoms with van der Waals surface area (Å²) in [5, 5.41) is 3.47. The summed E-state index contributed by atoms with van der Waals surface area (Å²) in [7, 11) is 1.83. The third-order valence-electron chi connectivity index (χ3n) is 8.64. The SMILES string of the molecule is CCOC(=O)C1CCN(CCN2CCCC2(F)C(=O)Cc2cc(Cl)c(NC(=O)c3cn(C)c4ccccc34)cc2F)CC1.